The van der Waals surface area contributed by atoms with Crippen molar-refractivity contribution in [1.29, 1.82) is 0 Å². The summed E-state index contributed by atoms with van der Waals surface area (Å²) in [5.41, 5.74) is 6.38. The van der Waals surface area contributed by atoms with Crippen molar-refractivity contribution in [2.45, 2.75) is 63.3 Å². The van der Waals surface area contributed by atoms with Crippen LogP contribution in [0.2, 0.25) is 0 Å². The number of hydrogen-bond donors (Lipinski definition) is 3. The van der Waals surface area contributed by atoms with Gasteiger partial charge in [0.1, 0.15) is 5.75 Å². The highest BCUT2D eigenvalue weighted by atomic mass is 16.3. The van der Waals surface area contributed by atoms with E-state index in [4.69, 9.17) is 0 Å². The average molecular weight is 363 g/mol. The molecule has 1 saturated carbocycles. The second-order valence-corrected chi connectivity index (χ2v) is 8.69. The van der Waals surface area contributed by atoms with Gasteiger partial charge in [0.15, 0.2) is 0 Å². The van der Waals surface area contributed by atoms with Crippen molar-refractivity contribution in [3.8, 4) is 5.75 Å². The van der Waals surface area contributed by atoms with E-state index >= 15 is 0 Å². The number of phenolic OH excluding ortho intramolecular Hbond substituents is 1. The first-order valence-corrected chi connectivity index (χ1v) is 10.7. The minimum atomic E-state index is 0.291. The van der Waals surface area contributed by atoms with Gasteiger partial charge >= 0.3 is 0 Å². The summed E-state index contributed by atoms with van der Waals surface area (Å²) in [4.78, 5) is 0. The molecule has 0 amide bonds. The molecule has 2 bridgehead atoms. The number of anilines is 2. The molecule has 3 aliphatic rings. The number of rotatable bonds is 3. The Hall–Kier alpha value is -2.00. The van der Waals surface area contributed by atoms with Crippen molar-refractivity contribution in [3.05, 3.63) is 53.1 Å². The molecule has 142 valence electrons. The number of fused-ring (bicyclic) bond motifs is 1. The van der Waals surface area contributed by atoms with Gasteiger partial charge in [0.25, 0.3) is 0 Å². The summed E-state index contributed by atoms with van der Waals surface area (Å²) in [6.45, 7) is 3.29. The molecule has 2 aromatic carbocycles. The molecule has 0 aromatic heterocycles. The number of hydrogen-bond acceptors (Lipinski definition) is 3. The summed E-state index contributed by atoms with van der Waals surface area (Å²) in [5, 5.41) is 18.2. The van der Waals surface area contributed by atoms with E-state index < -0.39 is 0 Å². The van der Waals surface area contributed by atoms with Crippen LogP contribution in [0.15, 0.2) is 36.4 Å². The lowest BCUT2D eigenvalue weighted by Gasteiger charge is -2.56. The second kappa shape index (κ2) is 6.56. The molecule has 3 nitrogen and oxygen atoms in total. The predicted octanol–water partition coefficient (Wildman–Crippen LogP) is 5.04. The van der Waals surface area contributed by atoms with Gasteiger partial charge in [-0.2, -0.15) is 0 Å². The Morgan fingerprint density at radius 1 is 1.15 bits per heavy atom. The number of aryl methyl sites for hydroxylation is 1. The number of benzene rings is 2. The molecule has 2 aliphatic carbocycles. The van der Waals surface area contributed by atoms with E-state index in [-0.39, 0.29) is 0 Å². The van der Waals surface area contributed by atoms with E-state index in [1.54, 1.807) is 0 Å². The number of aromatic hydroxyl groups is 1. The van der Waals surface area contributed by atoms with Crippen molar-refractivity contribution >= 4 is 11.4 Å². The minimum Gasteiger partial charge on any atom is -0.506 e. The lowest BCUT2D eigenvalue weighted by Crippen LogP contribution is -2.59. The lowest BCUT2D eigenvalue weighted by atomic mass is 9.53. The van der Waals surface area contributed by atoms with E-state index in [0.717, 1.165) is 36.7 Å². The Morgan fingerprint density at radius 3 is 2.93 bits per heavy atom. The van der Waals surface area contributed by atoms with E-state index in [0.29, 0.717) is 17.2 Å². The zero-order chi connectivity index (χ0) is 18.4. The van der Waals surface area contributed by atoms with Crippen LogP contribution in [-0.4, -0.2) is 17.7 Å². The molecule has 1 heterocycles. The standard InChI is InChI=1S/C24H30N2O/c1-2-16-7-3-4-9-20(16)26-22-14-17-13-21-18-8-5-6-10-24(18,11-12-25-21)19(17)15-23(22)27/h3-4,7,9,14-15,18,21,25-27H,2,5-6,8,10-13H2,1H3/t18-,21+,24+/m0/s1. The Kier molecular flexibility index (Phi) is 4.16. The first-order valence-electron chi connectivity index (χ1n) is 10.7. The van der Waals surface area contributed by atoms with Crippen LogP contribution in [0.5, 0.6) is 5.75 Å². The quantitative estimate of drug-likeness (QED) is 0.670. The summed E-state index contributed by atoms with van der Waals surface area (Å²) in [5.74, 6) is 1.14. The van der Waals surface area contributed by atoms with Crippen LogP contribution in [0, 0.1) is 5.92 Å². The summed E-state index contributed by atoms with van der Waals surface area (Å²) in [6.07, 6.45) is 8.59. The van der Waals surface area contributed by atoms with Crippen molar-refractivity contribution in [2.75, 3.05) is 11.9 Å². The molecule has 0 spiro atoms. The number of phenols is 1. The molecule has 27 heavy (non-hydrogen) atoms. The fourth-order valence-corrected chi connectivity index (χ4v) is 6.17. The first-order chi connectivity index (χ1) is 13.2. The Labute approximate surface area is 162 Å². The largest absolute Gasteiger partial charge is 0.506 e. The van der Waals surface area contributed by atoms with Gasteiger partial charge in [-0.15, -0.1) is 0 Å². The Bertz CT molecular complexity index is 857. The van der Waals surface area contributed by atoms with E-state index in [1.165, 1.54) is 48.8 Å². The third-order valence-corrected chi connectivity index (χ3v) is 7.43. The van der Waals surface area contributed by atoms with Crippen LogP contribution < -0.4 is 10.6 Å². The SMILES string of the molecule is CCc1ccccc1Nc1cc2c(cc1O)[C@@]13CCCC[C@H]1[C@@H](C2)NCC3. The lowest BCUT2D eigenvalue weighted by molar-refractivity contribution is 0.0796. The smallest absolute Gasteiger partial charge is 0.139 e. The van der Waals surface area contributed by atoms with Gasteiger partial charge in [0, 0.05) is 17.1 Å². The second-order valence-electron chi connectivity index (χ2n) is 8.69. The highest BCUT2D eigenvalue weighted by Crippen LogP contribution is 2.55. The van der Waals surface area contributed by atoms with Gasteiger partial charge in [0.05, 0.1) is 5.69 Å². The molecule has 1 saturated heterocycles. The van der Waals surface area contributed by atoms with Crippen LogP contribution in [0.25, 0.3) is 0 Å². The third-order valence-electron chi connectivity index (χ3n) is 7.43. The van der Waals surface area contributed by atoms with Gasteiger partial charge < -0.3 is 15.7 Å². The van der Waals surface area contributed by atoms with Crippen molar-refractivity contribution in [3.63, 3.8) is 0 Å². The predicted molar refractivity (Wildman–Crippen MR) is 111 cm³/mol. The van der Waals surface area contributed by atoms with E-state index in [2.05, 4.69) is 54.0 Å². The minimum absolute atomic E-state index is 0.291. The molecule has 5 rings (SSSR count). The summed E-state index contributed by atoms with van der Waals surface area (Å²) >= 11 is 0. The monoisotopic (exact) mass is 362 g/mol. The van der Waals surface area contributed by atoms with E-state index in [9.17, 15) is 5.11 Å². The zero-order valence-electron chi connectivity index (χ0n) is 16.2. The number of para-hydroxylation sites is 1. The maximum atomic E-state index is 10.9. The van der Waals surface area contributed by atoms with Gasteiger partial charge in [0.2, 0.25) is 0 Å². The highest BCUT2D eigenvalue weighted by molar-refractivity contribution is 5.70. The van der Waals surface area contributed by atoms with Gasteiger partial charge in [-0.25, -0.2) is 0 Å². The summed E-state index contributed by atoms with van der Waals surface area (Å²) in [6, 6.07) is 13.3. The van der Waals surface area contributed by atoms with Crippen molar-refractivity contribution < 1.29 is 5.11 Å². The molecule has 3 atom stereocenters. The molecule has 1 aliphatic heterocycles. The molecule has 2 aromatic rings. The van der Waals surface area contributed by atoms with E-state index in [1.807, 2.05) is 0 Å². The van der Waals surface area contributed by atoms with Crippen LogP contribution in [0.3, 0.4) is 0 Å². The fourth-order valence-electron chi connectivity index (χ4n) is 6.17. The van der Waals surface area contributed by atoms with Crippen LogP contribution >= 0.6 is 0 Å². The average Bonchev–Trinajstić information content (AvgIpc) is 2.70. The Morgan fingerprint density at radius 2 is 2.04 bits per heavy atom. The fraction of sp³-hybridized carbons (Fsp3) is 0.500. The van der Waals surface area contributed by atoms with Crippen LogP contribution in [0.4, 0.5) is 11.4 Å². The van der Waals surface area contributed by atoms with Crippen molar-refractivity contribution in [2.24, 2.45) is 5.92 Å². The summed E-state index contributed by atoms with van der Waals surface area (Å²) in [7, 11) is 0. The molecule has 3 N–H and O–H groups in total. The number of piperidine rings is 1. The molecule has 2 fully saturated rings. The van der Waals surface area contributed by atoms with Crippen LogP contribution in [-0.2, 0) is 18.3 Å². The zero-order valence-corrected chi connectivity index (χ0v) is 16.2. The topological polar surface area (TPSA) is 44.3 Å². The first kappa shape index (κ1) is 17.1. The molecule has 0 radical (unpaired) electrons. The van der Waals surface area contributed by atoms with Gasteiger partial charge in [-0.3, -0.25) is 0 Å². The van der Waals surface area contributed by atoms with Crippen LogP contribution in [0.1, 0.15) is 55.7 Å². The summed E-state index contributed by atoms with van der Waals surface area (Å²) < 4.78 is 0. The third kappa shape index (κ3) is 2.67. The Balaban J connectivity index is 1.56. The maximum absolute atomic E-state index is 10.9. The van der Waals surface area contributed by atoms with Gasteiger partial charge in [-0.05, 0) is 79.5 Å². The molecule has 0 unspecified atom stereocenters. The molecule has 3 heteroatoms. The molecular formula is C24H30N2O. The molecular weight excluding hydrogens is 332 g/mol. The normalized spacial score (nSPS) is 28.9. The highest BCUT2D eigenvalue weighted by Gasteiger charge is 2.51. The van der Waals surface area contributed by atoms with Gasteiger partial charge in [-0.1, -0.05) is 38.0 Å². The van der Waals surface area contributed by atoms with Crippen molar-refractivity contribution in [1.82, 2.24) is 5.32 Å². The number of nitrogens with one attached hydrogen (secondary N) is 2. The maximum Gasteiger partial charge on any atom is 0.139 e.